The Bertz CT molecular complexity index is 629. The van der Waals surface area contributed by atoms with Crippen molar-refractivity contribution in [2.45, 2.75) is 19.9 Å². The summed E-state index contributed by atoms with van der Waals surface area (Å²) in [7, 11) is 1.66. The van der Waals surface area contributed by atoms with E-state index in [0.29, 0.717) is 5.15 Å². The standard InChI is InChI=1S/C16H19ClN2O/c1-11-5-6-19(9-11)10-13-7-12-3-4-14(20-2)8-15(12)18-16(13)17/h3-4,7-8,11H,5-6,9-10H2,1-2H3. The molecule has 3 nitrogen and oxygen atoms in total. The number of halogens is 1. The fourth-order valence-electron chi connectivity index (χ4n) is 2.82. The van der Waals surface area contributed by atoms with Crippen molar-refractivity contribution in [2.24, 2.45) is 5.92 Å². The highest BCUT2D eigenvalue weighted by Gasteiger charge is 2.19. The van der Waals surface area contributed by atoms with E-state index < -0.39 is 0 Å². The zero-order chi connectivity index (χ0) is 14.1. The van der Waals surface area contributed by atoms with Crippen molar-refractivity contribution in [1.29, 1.82) is 0 Å². The minimum Gasteiger partial charge on any atom is -0.497 e. The van der Waals surface area contributed by atoms with Crippen LogP contribution in [0.1, 0.15) is 18.9 Å². The summed E-state index contributed by atoms with van der Waals surface area (Å²) in [6, 6.07) is 8.06. The molecule has 0 bridgehead atoms. The van der Waals surface area contributed by atoms with E-state index in [1.54, 1.807) is 7.11 Å². The SMILES string of the molecule is COc1ccc2cc(CN3CCC(C)C3)c(Cl)nc2c1. The van der Waals surface area contributed by atoms with Crippen LogP contribution in [0.3, 0.4) is 0 Å². The molecule has 1 aliphatic heterocycles. The number of benzene rings is 1. The minimum atomic E-state index is 0.602. The fourth-order valence-corrected chi connectivity index (χ4v) is 3.02. The van der Waals surface area contributed by atoms with Crippen LogP contribution in [0.15, 0.2) is 24.3 Å². The van der Waals surface area contributed by atoms with Gasteiger partial charge in [-0.1, -0.05) is 18.5 Å². The van der Waals surface area contributed by atoms with E-state index >= 15 is 0 Å². The molecular weight excluding hydrogens is 272 g/mol. The quantitative estimate of drug-likeness (QED) is 0.805. The van der Waals surface area contributed by atoms with Crippen molar-refractivity contribution < 1.29 is 4.74 Å². The number of pyridine rings is 1. The van der Waals surface area contributed by atoms with Crippen LogP contribution in [0.25, 0.3) is 10.9 Å². The summed E-state index contributed by atoms with van der Waals surface area (Å²) in [5.74, 6) is 1.59. The molecule has 3 rings (SSSR count). The Morgan fingerprint density at radius 2 is 2.25 bits per heavy atom. The lowest BCUT2D eigenvalue weighted by Gasteiger charge is -2.16. The zero-order valence-electron chi connectivity index (χ0n) is 11.9. The van der Waals surface area contributed by atoms with Gasteiger partial charge in [-0.3, -0.25) is 4.90 Å². The van der Waals surface area contributed by atoms with E-state index in [2.05, 4.69) is 22.9 Å². The van der Waals surface area contributed by atoms with Gasteiger partial charge in [0.05, 0.1) is 12.6 Å². The Kier molecular flexibility index (Phi) is 3.81. The molecule has 1 fully saturated rings. The van der Waals surface area contributed by atoms with Crippen LogP contribution in [0, 0.1) is 5.92 Å². The average molecular weight is 291 g/mol. The molecule has 0 spiro atoms. The van der Waals surface area contributed by atoms with Crippen molar-refractivity contribution in [1.82, 2.24) is 9.88 Å². The van der Waals surface area contributed by atoms with Gasteiger partial charge in [-0.25, -0.2) is 4.98 Å². The predicted octanol–water partition coefficient (Wildman–Crippen LogP) is 3.74. The summed E-state index contributed by atoms with van der Waals surface area (Å²) in [5.41, 5.74) is 1.99. The van der Waals surface area contributed by atoms with Crippen LogP contribution < -0.4 is 4.74 Å². The van der Waals surface area contributed by atoms with Gasteiger partial charge >= 0.3 is 0 Å². The molecule has 106 valence electrons. The molecule has 1 aliphatic rings. The predicted molar refractivity (Wildman–Crippen MR) is 82.4 cm³/mol. The highest BCUT2D eigenvalue weighted by molar-refractivity contribution is 6.30. The highest BCUT2D eigenvalue weighted by atomic mass is 35.5. The first-order valence-electron chi connectivity index (χ1n) is 7.01. The van der Waals surface area contributed by atoms with Crippen LogP contribution >= 0.6 is 11.6 Å². The van der Waals surface area contributed by atoms with Gasteiger partial charge in [0.15, 0.2) is 0 Å². The Hall–Kier alpha value is -1.32. The lowest BCUT2D eigenvalue weighted by molar-refractivity contribution is 0.320. The van der Waals surface area contributed by atoms with Gasteiger partial charge < -0.3 is 4.74 Å². The molecule has 0 saturated carbocycles. The lowest BCUT2D eigenvalue weighted by atomic mass is 10.1. The summed E-state index contributed by atoms with van der Waals surface area (Å²) in [5, 5.41) is 1.71. The van der Waals surface area contributed by atoms with Crippen LogP contribution in [-0.4, -0.2) is 30.1 Å². The molecule has 0 N–H and O–H groups in total. The number of aromatic nitrogens is 1. The monoisotopic (exact) mass is 290 g/mol. The topological polar surface area (TPSA) is 25.4 Å². The molecule has 20 heavy (non-hydrogen) atoms. The Morgan fingerprint density at radius 3 is 2.95 bits per heavy atom. The molecule has 2 heterocycles. The van der Waals surface area contributed by atoms with Crippen molar-refractivity contribution >= 4 is 22.5 Å². The molecule has 2 aromatic rings. The van der Waals surface area contributed by atoms with Gasteiger partial charge in [-0.05, 0) is 37.1 Å². The van der Waals surface area contributed by atoms with Crippen LogP contribution in [0.4, 0.5) is 0 Å². The molecule has 0 aliphatic carbocycles. The zero-order valence-corrected chi connectivity index (χ0v) is 12.7. The van der Waals surface area contributed by atoms with Crippen molar-refractivity contribution in [3.63, 3.8) is 0 Å². The molecule has 1 atom stereocenters. The average Bonchev–Trinajstić information content (AvgIpc) is 2.84. The molecule has 0 amide bonds. The first-order chi connectivity index (χ1) is 9.65. The van der Waals surface area contributed by atoms with E-state index in [0.717, 1.165) is 47.8 Å². The Balaban J connectivity index is 1.89. The lowest BCUT2D eigenvalue weighted by Crippen LogP contribution is -2.20. The minimum absolute atomic E-state index is 0.602. The van der Waals surface area contributed by atoms with E-state index in [4.69, 9.17) is 16.3 Å². The molecule has 1 aromatic heterocycles. The van der Waals surface area contributed by atoms with Crippen LogP contribution in [0.2, 0.25) is 5.15 Å². The molecule has 4 heteroatoms. The Morgan fingerprint density at radius 1 is 1.40 bits per heavy atom. The number of rotatable bonds is 3. The van der Waals surface area contributed by atoms with E-state index in [-0.39, 0.29) is 0 Å². The second kappa shape index (κ2) is 5.58. The second-order valence-electron chi connectivity index (χ2n) is 5.63. The number of hydrogen-bond acceptors (Lipinski definition) is 3. The maximum Gasteiger partial charge on any atom is 0.134 e. The number of nitrogens with zero attached hydrogens (tertiary/aromatic N) is 2. The van der Waals surface area contributed by atoms with Gasteiger partial charge in [-0.15, -0.1) is 0 Å². The third-order valence-corrected chi connectivity index (χ3v) is 4.28. The third kappa shape index (κ3) is 2.74. The normalized spacial score (nSPS) is 19.6. The third-order valence-electron chi connectivity index (χ3n) is 3.95. The summed E-state index contributed by atoms with van der Waals surface area (Å²) in [4.78, 5) is 6.95. The molecule has 0 radical (unpaired) electrons. The first-order valence-corrected chi connectivity index (χ1v) is 7.39. The number of fused-ring (bicyclic) bond motifs is 1. The summed E-state index contributed by atoms with van der Waals surface area (Å²) < 4.78 is 5.22. The smallest absolute Gasteiger partial charge is 0.134 e. The maximum absolute atomic E-state index is 6.33. The maximum atomic E-state index is 6.33. The largest absolute Gasteiger partial charge is 0.497 e. The van der Waals surface area contributed by atoms with Gasteiger partial charge in [-0.2, -0.15) is 0 Å². The van der Waals surface area contributed by atoms with Gasteiger partial charge in [0, 0.05) is 30.1 Å². The summed E-state index contributed by atoms with van der Waals surface area (Å²) in [6.45, 7) is 5.49. The van der Waals surface area contributed by atoms with Crippen LogP contribution in [-0.2, 0) is 6.54 Å². The molecule has 1 aromatic carbocycles. The summed E-state index contributed by atoms with van der Waals surface area (Å²) in [6.07, 6.45) is 1.27. The number of hydrogen-bond donors (Lipinski definition) is 0. The number of ether oxygens (including phenoxy) is 1. The molecular formula is C16H19ClN2O. The van der Waals surface area contributed by atoms with Crippen LogP contribution in [0.5, 0.6) is 5.75 Å². The Labute approximate surface area is 124 Å². The number of likely N-dealkylation sites (tertiary alicyclic amines) is 1. The van der Waals surface area contributed by atoms with Crippen molar-refractivity contribution in [3.05, 3.63) is 35.0 Å². The fraction of sp³-hybridized carbons (Fsp3) is 0.438. The van der Waals surface area contributed by atoms with E-state index in [1.807, 2.05) is 18.2 Å². The van der Waals surface area contributed by atoms with Gasteiger partial charge in [0.25, 0.3) is 0 Å². The van der Waals surface area contributed by atoms with Gasteiger partial charge in [0.1, 0.15) is 10.9 Å². The van der Waals surface area contributed by atoms with E-state index in [1.165, 1.54) is 6.42 Å². The summed E-state index contributed by atoms with van der Waals surface area (Å²) >= 11 is 6.33. The highest BCUT2D eigenvalue weighted by Crippen LogP contribution is 2.26. The molecule has 1 unspecified atom stereocenters. The second-order valence-corrected chi connectivity index (χ2v) is 5.98. The van der Waals surface area contributed by atoms with E-state index in [9.17, 15) is 0 Å². The first kappa shape index (κ1) is 13.7. The molecule has 1 saturated heterocycles. The van der Waals surface area contributed by atoms with Crippen molar-refractivity contribution in [3.8, 4) is 5.75 Å². The number of methoxy groups -OCH3 is 1. The van der Waals surface area contributed by atoms with Gasteiger partial charge in [0.2, 0.25) is 0 Å². The van der Waals surface area contributed by atoms with Crippen molar-refractivity contribution in [2.75, 3.05) is 20.2 Å².